The molecule has 0 amide bonds. The van der Waals surface area contributed by atoms with Crippen molar-refractivity contribution in [2.45, 2.75) is 20.4 Å². The highest BCUT2D eigenvalue weighted by atomic mass is 31.1. The number of carbonyl (C=O) groups excluding carboxylic acids is 2. The first kappa shape index (κ1) is 20.8. The topological polar surface area (TPSA) is 160 Å². The van der Waals surface area contributed by atoms with Gasteiger partial charge in [-0.3, -0.25) is 0 Å². The van der Waals surface area contributed by atoms with Crippen molar-refractivity contribution in [2.24, 2.45) is 11.3 Å². The second kappa shape index (κ2) is 8.94. The lowest BCUT2D eigenvalue weighted by Gasteiger charge is -2.23. The molecular formula is C15H21N5O6P+. The van der Waals surface area contributed by atoms with E-state index in [2.05, 4.69) is 15.0 Å². The summed E-state index contributed by atoms with van der Waals surface area (Å²) in [6.07, 6.45) is 3.03. The Morgan fingerprint density at radius 1 is 1.44 bits per heavy atom. The molecule has 0 saturated heterocycles. The van der Waals surface area contributed by atoms with E-state index in [0.717, 1.165) is 0 Å². The molecule has 0 radical (unpaired) electrons. The van der Waals surface area contributed by atoms with Crippen LogP contribution in [0.5, 0.6) is 0 Å². The number of fused-ring (bicyclic) bond motifs is 1. The molecule has 146 valence electrons. The number of carbonyl (C=O) groups is 2. The van der Waals surface area contributed by atoms with Crippen LogP contribution >= 0.6 is 8.03 Å². The Kier molecular flexibility index (Phi) is 6.89. The molecule has 0 fully saturated rings. The Bertz CT molecular complexity index is 839. The van der Waals surface area contributed by atoms with E-state index in [4.69, 9.17) is 20.1 Å². The van der Waals surface area contributed by atoms with Crippen LogP contribution in [0.25, 0.3) is 11.2 Å². The SMILES string of the molecule is CC(C)(C(=O)O[P+](=O)COCCn1cnc2c(N)ncnc21)C(C=O)CO. The van der Waals surface area contributed by atoms with Crippen molar-refractivity contribution in [3.63, 3.8) is 0 Å². The van der Waals surface area contributed by atoms with Gasteiger partial charge in [0.25, 0.3) is 6.35 Å². The first-order valence-corrected chi connectivity index (χ1v) is 9.39. The van der Waals surface area contributed by atoms with Gasteiger partial charge in [-0.2, -0.15) is 0 Å². The summed E-state index contributed by atoms with van der Waals surface area (Å²) in [5.74, 6) is -1.52. The predicted molar refractivity (Wildman–Crippen MR) is 94.7 cm³/mol. The average Bonchev–Trinajstić information content (AvgIpc) is 3.04. The molecule has 2 unspecified atom stereocenters. The van der Waals surface area contributed by atoms with E-state index in [-0.39, 0.29) is 18.8 Å². The van der Waals surface area contributed by atoms with Gasteiger partial charge in [-0.05, 0) is 18.4 Å². The monoisotopic (exact) mass is 398 g/mol. The minimum absolute atomic E-state index is 0.172. The highest BCUT2D eigenvalue weighted by Crippen LogP contribution is 2.33. The number of rotatable bonds is 10. The fourth-order valence-corrected chi connectivity index (χ4v) is 2.94. The molecule has 0 aliphatic carbocycles. The van der Waals surface area contributed by atoms with Crippen LogP contribution in [0.2, 0.25) is 0 Å². The van der Waals surface area contributed by atoms with Gasteiger partial charge in [0.15, 0.2) is 11.5 Å². The van der Waals surface area contributed by atoms with E-state index >= 15 is 0 Å². The summed E-state index contributed by atoms with van der Waals surface area (Å²) < 4.78 is 23.7. The maximum absolute atomic E-state index is 12.1. The lowest BCUT2D eigenvalue weighted by molar-refractivity contribution is -0.149. The summed E-state index contributed by atoms with van der Waals surface area (Å²) in [4.78, 5) is 35.0. The molecule has 2 rings (SSSR count). The average molecular weight is 398 g/mol. The van der Waals surface area contributed by atoms with E-state index < -0.39 is 31.9 Å². The minimum Gasteiger partial charge on any atom is -0.396 e. The summed E-state index contributed by atoms with van der Waals surface area (Å²) in [6.45, 7) is 2.91. The van der Waals surface area contributed by atoms with Gasteiger partial charge < -0.3 is 24.9 Å². The predicted octanol–water partition coefficient (Wildman–Crippen LogP) is 0.502. The third-order valence-corrected chi connectivity index (χ3v) is 4.86. The van der Waals surface area contributed by atoms with Crippen molar-refractivity contribution >= 4 is 37.3 Å². The standard InChI is InChI=1S/C15H21N5O6P/c1-15(2,10(5-21)6-22)14(23)26-27(24)9-25-4-3-20-8-19-11-12(16)17-7-18-13(11)20/h5,7-8,10,22H,3-4,6,9H2,1-2H3,(H2,16,17,18)/q+1. The summed E-state index contributed by atoms with van der Waals surface area (Å²) in [7, 11) is -2.42. The van der Waals surface area contributed by atoms with Gasteiger partial charge in [-0.1, -0.05) is 0 Å². The van der Waals surface area contributed by atoms with Crippen molar-refractivity contribution in [3.8, 4) is 0 Å². The summed E-state index contributed by atoms with van der Waals surface area (Å²) in [5, 5.41) is 9.14. The molecule has 2 aromatic heterocycles. The molecule has 12 heteroatoms. The molecule has 11 nitrogen and oxygen atoms in total. The number of anilines is 1. The number of aromatic nitrogens is 4. The number of aldehydes is 1. The zero-order chi connectivity index (χ0) is 20.0. The van der Waals surface area contributed by atoms with Gasteiger partial charge in [-0.25, -0.2) is 24.3 Å². The van der Waals surface area contributed by atoms with Crippen LogP contribution in [-0.4, -0.2) is 56.4 Å². The van der Waals surface area contributed by atoms with E-state index in [1.54, 1.807) is 4.57 Å². The smallest absolute Gasteiger partial charge is 0.396 e. The van der Waals surface area contributed by atoms with Crippen LogP contribution in [0.1, 0.15) is 13.8 Å². The van der Waals surface area contributed by atoms with Crippen molar-refractivity contribution < 1.29 is 28.5 Å². The Hall–Kier alpha value is -2.49. The summed E-state index contributed by atoms with van der Waals surface area (Å²) in [6, 6.07) is 0. The van der Waals surface area contributed by atoms with Crippen molar-refractivity contribution in [1.29, 1.82) is 0 Å². The van der Waals surface area contributed by atoms with Gasteiger partial charge in [0.2, 0.25) is 0 Å². The first-order valence-electron chi connectivity index (χ1n) is 8.03. The quantitative estimate of drug-likeness (QED) is 0.328. The zero-order valence-corrected chi connectivity index (χ0v) is 15.8. The molecule has 27 heavy (non-hydrogen) atoms. The number of hydrogen-bond acceptors (Lipinski definition) is 10. The lowest BCUT2D eigenvalue weighted by atomic mass is 9.80. The molecule has 2 heterocycles. The number of nitrogen functional groups attached to an aromatic ring is 1. The highest BCUT2D eigenvalue weighted by Gasteiger charge is 2.42. The molecule has 3 N–H and O–H groups in total. The Labute approximate surface area is 155 Å². The molecule has 0 aliphatic heterocycles. The van der Waals surface area contributed by atoms with Crippen LogP contribution in [0, 0.1) is 11.3 Å². The van der Waals surface area contributed by atoms with E-state index in [1.165, 1.54) is 26.5 Å². The van der Waals surface area contributed by atoms with Crippen LogP contribution in [0.4, 0.5) is 5.82 Å². The zero-order valence-electron chi connectivity index (χ0n) is 14.9. The maximum Gasteiger partial charge on any atom is 0.588 e. The lowest BCUT2D eigenvalue weighted by Crippen LogP contribution is -2.36. The molecule has 0 spiro atoms. The molecule has 0 saturated carbocycles. The third-order valence-electron chi connectivity index (χ3n) is 4.10. The number of nitrogens with zero attached hydrogens (tertiary/aromatic N) is 4. The van der Waals surface area contributed by atoms with Gasteiger partial charge in [0, 0.05) is 6.54 Å². The second-order valence-electron chi connectivity index (χ2n) is 6.26. The largest absolute Gasteiger partial charge is 0.588 e. The van der Waals surface area contributed by atoms with Gasteiger partial charge in [-0.15, -0.1) is 0 Å². The van der Waals surface area contributed by atoms with Crippen LogP contribution in [0.3, 0.4) is 0 Å². The number of aliphatic hydroxyl groups excluding tert-OH is 1. The molecule has 0 aromatic carbocycles. The number of imidazole rings is 1. The van der Waals surface area contributed by atoms with E-state index in [0.29, 0.717) is 24.0 Å². The molecule has 2 atom stereocenters. The Morgan fingerprint density at radius 2 is 2.19 bits per heavy atom. The van der Waals surface area contributed by atoms with Crippen LogP contribution < -0.4 is 5.73 Å². The van der Waals surface area contributed by atoms with Gasteiger partial charge in [0.1, 0.15) is 18.1 Å². The number of nitrogens with two attached hydrogens (primary N) is 1. The molecule has 2 aromatic rings. The first-order chi connectivity index (χ1) is 12.8. The fraction of sp³-hybridized carbons (Fsp3) is 0.533. The number of hydrogen-bond donors (Lipinski definition) is 2. The normalized spacial score (nSPS) is 13.4. The third kappa shape index (κ3) is 4.82. The Morgan fingerprint density at radius 3 is 2.85 bits per heavy atom. The molecular weight excluding hydrogens is 377 g/mol. The molecule has 0 bridgehead atoms. The summed E-state index contributed by atoms with van der Waals surface area (Å²) in [5.41, 5.74) is 5.44. The van der Waals surface area contributed by atoms with Crippen molar-refractivity contribution in [3.05, 3.63) is 12.7 Å². The van der Waals surface area contributed by atoms with Crippen molar-refractivity contribution in [2.75, 3.05) is 25.3 Å². The van der Waals surface area contributed by atoms with Gasteiger partial charge in [0.05, 0.1) is 30.9 Å². The number of aliphatic hydroxyl groups is 1. The van der Waals surface area contributed by atoms with Gasteiger partial charge >= 0.3 is 14.0 Å². The maximum atomic E-state index is 12.1. The summed E-state index contributed by atoms with van der Waals surface area (Å²) >= 11 is 0. The number of ether oxygens (including phenoxy) is 1. The van der Waals surface area contributed by atoms with Crippen molar-refractivity contribution in [1.82, 2.24) is 19.5 Å². The van der Waals surface area contributed by atoms with Crippen LogP contribution in [-0.2, 0) is 30.0 Å². The highest BCUT2D eigenvalue weighted by molar-refractivity contribution is 7.39. The van der Waals surface area contributed by atoms with E-state index in [1.807, 2.05) is 0 Å². The van der Waals surface area contributed by atoms with E-state index in [9.17, 15) is 14.2 Å². The minimum atomic E-state index is -2.42. The second-order valence-corrected chi connectivity index (χ2v) is 7.37. The Balaban J connectivity index is 1.81. The fourth-order valence-electron chi connectivity index (χ4n) is 2.19. The van der Waals surface area contributed by atoms with Crippen LogP contribution in [0.15, 0.2) is 12.7 Å². The molecule has 0 aliphatic rings.